The number of ether oxygens (including phenoxy) is 1. The number of nitrogens with one attached hydrogen (secondary N) is 1. The van der Waals surface area contributed by atoms with E-state index in [2.05, 4.69) is 29.6 Å². The van der Waals surface area contributed by atoms with E-state index in [0.29, 0.717) is 6.42 Å². The van der Waals surface area contributed by atoms with Crippen molar-refractivity contribution in [3.05, 3.63) is 60.2 Å². The molecule has 2 rings (SSSR count). The van der Waals surface area contributed by atoms with Crippen LogP contribution >= 0.6 is 0 Å². The van der Waals surface area contributed by atoms with Crippen molar-refractivity contribution < 1.29 is 9.53 Å². The first-order chi connectivity index (χ1) is 9.74. The van der Waals surface area contributed by atoms with Gasteiger partial charge in [0.15, 0.2) is 0 Å². The lowest BCUT2D eigenvalue weighted by molar-refractivity contribution is -0.141. The highest BCUT2D eigenvalue weighted by molar-refractivity contribution is 5.70. The minimum atomic E-state index is -0.212. The lowest BCUT2D eigenvalue weighted by atomic mass is 9.99. The molecule has 0 bridgehead atoms. The highest BCUT2D eigenvalue weighted by atomic mass is 16.5. The summed E-state index contributed by atoms with van der Waals surface area (Å²) in [7, 11) is 3.26. The molecule has 3 heteroatoms. The minimum Gasteiger partial charge on any atom is -0.469 e. The Morgan fingerprint density at radius 3 is 2.20 bits per heavy atom. The van der Waals surface area contributed by atoms with Gasteiger partial charge in [-0.05, 0) is 23.7 Å². The highest BCUT2D eigenvalue weighted by Crippen LogP contribution is 2.23. The molecule has 0 aliphatic rings. The molecular weight excluding hydrogens is 250 g/mol. The maximum absolute atomic E-state index is 11.4. The molecule has 1 atom stereocenters. The average Bonchev–Trinajstić information content (AvgIpc) is 2.53. The molecule has 0 fully saturated rings. The van der Waals surface area contributed by atoms with Crippen LogP contribution in [0.5, 0.6) is 0 Å². The van der Waals surface area contributed by atoms with Gasteiger partial charge in [-0.2, -0.15) is 0 Å². The second-order valence-electron chi connectivity index (χ2n) is 4.61. The minimum absolute atomic E-state index is 0.0210. The Labute approximate surface area is 119 Å². The summed E-state index contributed by atoms with van der Waals surface area (Å²) in [5.41, 5.74) is 3.44. The molecule has 1 unspecified atom stereocenters. The number of carbonyl (C=O) groups excluding carboxylic acids is 1. The molecular formula is C17H19NO2. The number of hydrogen-bond donors (Lipinski definition) is 1. The van der Waals surface area contributed by atoms with Gasteiger partial charge < -0.3 is 10.1 Å². The molecule has 104 valence electrons. The quantitative estimate of drug-likeness (QED) is 0.847. The molecule has 0 saturated heterocycles. The van der Waals surface area contributed by atoms with Gasteiger partial charge in [0, 0.05) is 6.04 Å². The second-order valence-corrected chi connectivity index (χ2v) is 4.61. The third-order valence-corrected chi connectivity index (χ3v) is 3.37. The van der Waals surface area contributed by atoms with Crippen LogP contribution in [0.1, 0.15) is 18.0 Å². The zero-order valence-electron chi connectivity index (χ0n) is 11.8. The Morgan fingerprint density at radius 2 is 1.65 bits per heavy atom. The van der Waals surface area contributed by atoms with Crippen molar-refractivity contribution in [2.45, 2.75) is 12.5 Å². The predicted molar refractivity (Wildman–Crippen MR) is 80.3 cm³/mol. The maximum atomic E-state index is 11.4. The van der Waals surface area contributed by atoms with E-state index in [1.165, 1.54) is 18.2 Å². The largest absolute Gasteiger partial charge is 0.469 e. The number of benzene rings is 2. The summed E-state index contributed by atoms with van der Waals surface area (Å²) in [5.74, 6) is -0.212. The van der Waals surface area contributed by atoms with E-state index in [0.717, 1.165) is 5.56 Å². The predicted octanol–water partition coefficient (Wildman–Crippen LogP) is 3.18. The van der Waals surface area contributed by atoms with Gasteiger partial charge in [0.05, 0.1) is 13.5 Å². The van der Waals surface area contributed by atoms with Gasteiger partial charge in [-0.1, -0.05) is 54.6 Å². The Hall–Kier alpha value is -2.13. The molecule has 0 radical (unpaired) electrons. The molecule has 0 spiro atoms. The number of carbonyl (C=O) groups is 1. The fourth-order valence-electron chi connectivity index (χ4n) is 2.18. The van der Waals surface area contributed by atoms with Crippen LogP contribution < -0.4 is 5.32 Å². The van der Waals surface area contributed by atoms with Gasteiger partial charge in [0.25, 0.3) is 0 Å². The summed E-state index contributed by atoms with van der Waals surface area (Å²) in [6.07, 6.45) is 0.331. The van der Waals surface area contributed by atoms with Crippen LogP contribution in [0.2, 0.25) is 0 Å². The first-order valence-electron chi connectivity index (χ1n) is 6.64. The van der Waals surface area contributed by atoms with E-state index >= 15 is 0 Å². The normalized spacial score (nSPS) is 11.9. The van der Waals surface area contributed by atoms with E-state index in [1.807, 2.05) is 37.4 Å². The van der Waals surface area contributed by atoms with Gasteiger partial charge in [0.1, 0.15) is 0 Å². The summed E-state index contributed by atoms with van der Waals surface area (Å²) < 4.78 is 4.72. The number of hydrogen-bond acceptors (Lipinski definition) is 3. The molecule has 2 aromatic carbocycles. The number of methoxy groups -OCH3 is 1. The summed E-state index contributed by atoms with van der Waals surface area (Å²) in [5, 5.41) is 3.14. The van der Waals surface area contributed by atoms with E-state index < -0.39 is 0 Å². The van der Waals surface area contributed by atoms with Crippen molar-refractivity contribution in [2.75, 3.05) is 14.2 Å². The van der Waals surface area contributed by atoms with Crippen molar-refractivity contribution in [3.63, 3.8) is 0 Å². The summed E-state index contributed by atoms with van der Waals surface area (Å²) in [6.45, 7) is 0. The van der Waals surface area contributed by atoms with Crippen LogP contribution in [-0.2, 0) is 9.53 Å². The average molecular weight is 269 g/mol. The van der Waals surface area contributed by atoms with E-state index in [-0.39, 0.29) is 12.0 Å². The van der Waals surface area contributed by atoms with Crippen LogP contribution in [0.25, 0.3) is 11.1 Å². The van der Waals surface area contributed by atoms with Gasteiger partial charge in [-0.15, -0.1) is 0 Å². The molecule has 0 heterocycles. The lowest BCUT2D eigenvalue weighted by Gasteiger charge is -2.15. The molecule has 1 N–H and O–H groups in total. The van der Waals surface area contributed by atoms with Crippen LogP contribution in [0, 0.1) is 0 Å². The Kier molecular flexibility index (Phi) is 4.91. The van der Waals surface area contributed by atoms with Crippen LogP contribution in [0.3, 0.4) is 0 Å². The molecule has 0 aliphatic carbocycles. The van der Waals surface area contributed by atoms with Crippen molar-refractivity contribution in [3.8, 4) is 11.1 Å². The van der Waals surface area contributed by atoms with Crippen molar-refractivity contribution in [1.29, 1.82) is 0 Å². The molecule has 0 amide bonds. The highest BCUT2D eigenvalue weighted by Gasteiger charge is 2.14. The summed E-state index contributed by atoms with van der Waals surface area (Å²) in [6, 6.07) is 18.4. The SMILES string of the molecule is CNC(CC(=O)OC)c1ccc(-c2ccccc2)cc1. The fraction of sp³-hybridized carbons (Fsp3) is 0.235. The monoisotopic (exact) mass is 269 g/mol. The molecule has 20 heavy (non-hydrogen) atoms. The Morgan fingerprint density at radius 1 is 1.05 bits per heavy atom. The first-order valence-corrected chi connectivity index (χ1v) is 6.64. The van der Waals surface area contributed by atoms with E-state index in [1.54, 1.807) is 0 Å². The summed E-state index contributed by atoms with van der Waals surface area (Å²) >= 11 is 0. The molecule has 2 aromatic rings. The third kappa shape index (κ3) is 3.45. The second kappa shape index (κ2) is 6.87. The van der Waals surface area contributed by atoms with Gasteiger partial charge >= 0.3 is 5.97 Å². The zero-order chi connectivity index (χ0) is 14.4. The smallest absolute Gasteiger partial charge is 0.307 e. The number of rotatable bonds is 5. The van der Waals surface area contributed by atoms with Crippen molar-refractivity contribution >= 4 is 5.97 Å². The molecule has 0 aromatic heterocycles. The van der Waals surface area contributed by atoms with Crippen LogP contribution in [0.15, 0.2) is 54.6 Å². The molecule has 0 saturated carbocycles. The van der Waals surface area contributed by atoms with Crippen LogP contribution in [0.4, 0.5) is 0 Å². The van der Waals surface area contributed by atoms with Crippen molar-refractivity contribution in [1.82, 2.24) is 5.32 Å². The lowest BCUT2D eigenvalue weighted by Crippen LogP contribution is -2.20. The molecule has 0 aliphatic heterocycles. The first kappa shape index (κ1) is 14.3. The van der Waals surface area contributed by atoms with Gasteiger partial charge in [0.2, 0.25) is 0 Å². The maximum Gasteiger partial charge on any atom is 0.307 e. The summed E-state index contributed by atoms with van der Waals surface area (Å²) in [4.78, 5) is 11.4. The standard InChI is InChI=1S/C17H19NO2/c1-18-16(12-17(19)20-2)15-10-8-14(9-11-15)13-6-4-3-5-7-13/h3-11,16,18H,12H2,1-2H3. The number of esters is 1. The fourth-order valence-corrected chi connectivity index (χ4v) is 2.18. The Balaban J connectivity index is 2.16. The Bertz CT molecular complexity index is 549. The van der Waals surface area contributed by atoms with Gasteiger partial charge in [-0.3, -0.25) is 4.79 Å². The van der Waals surface area contributed by atoms with E-state index in [4.69, 9.17) is 4.74 Å². The topological polar surface area (TPSA) is 38.3 Å². The third-order valence-electron chi connectivity index (χ3n) is 3.37. The van der Waals surface area contributed by atoms with E-state index in [9.17, 15) is 4.79 Å². The van der Waals surface area contributed by atoms with Crippen molar-refractivity contribution in [2.24, 2.45) is 0 Å². The van der Waals surface area contributed by atoms with Gasteiger partial charge in [-0.25, -0.2) is 0 Å². The zero-order valence-corrected chi connectivity index (χ0v) is 11.8. The van der Waals surface area contributed by atoms with Crippen LogP contribution in [-0.4, -0.2) is 20.1 Å². The molecule has 3 nitrogen and oxygen atoms in total.